The van der Waals surface area contributed by atoms with Crippen molar-refractivity contribution in [1.82, 2.24) is 10.4 Å². The number of benzene rings is 1. The summed E-state index contributed by atoms with van der Waals surface area (Å²) in [7, 11) is 0. The number of carbonyl (C=O) groups is 2. The summed E-state index contributed by atoms with van der Waals surface area (Å²) < 4.78 is 37.5. The number of ketones is 1. The van der Waals surface area contributed by atoms with Gasteiger partial charge in [0.05, 0.1) is 17.8 Å². The highest BCUT2D eigenvalue weighted by atomic mass is 35.5. The number of halogens is 4. The van der Waals surface area contributed by atoms with Gasteiger partial charge in [0.15, 0.2) is 0 Å². The molecule has 1 N–H and O–H groups in total. The van der Waals surface area contributed by atoms with E-state index < -0.39 is 24.3 Å². The Morgan fingerprint density at radius 3 is 2.36 bits per heavy atom. The van der Waals surface area contributed by atoms with Crippen molar-refractivity contribution in [3.8, 4) is 0 Å². The Hall–Kier alpha value is -2.74. The van der Waals surface area contributed by atoms with Crippen molar-refractivity contribution in [2.24, 2.45) is 5.10 Å². The van der Waals surface area contributed by atoms with Crippen LogP contribution in [0, 0.1) is 0 Å². The van der Waals surface area contributed by atoms with Crippen molar-refractivity contribution in [2.45, 2.75) is 12.6 Å². The average Bonchev–Trinajstić information content (AvgIpc) is 2.58. The number of carbonyl (C=O) groups excluding carboxylic acids is 2. The van der Waals surface area contributed by atoms with E-state index in [0.717, 1.165) is 0 Å². The molecule has 2 rings (SSSR count). The fourth-order valence-electron chi connectivity index (χ4n) is 1.76. The molecule has 0 saturated carbocycles. The van der Waals surface area contributed by atoms with Gasteiger partial charge in [-0.15, -0.1) is 0 Å². The van der Waals surface area contributed by atoms with Crippen molar-refractivity contribution < 1.29 is 22.8 Å². The van der Waals surface area contributed by atoms with Gasteiger partial charge in [-0.1, -0.05) is 17.7 Å². The molecule has 0 spiro atoms. The molecule has 1 aromatic heterocycles. The molecule has 0 aliphatic heterocycles. The number of nitrogens with zero attached hydrogens (tertiary/aromatic N) is 2. The molecule has 5 nitrogen and oxygen atoms in total. The van der Waals surface area contributed by atoms with Crippen LogP contribution in [0.1, 0.15) is 22.5 Å². The lowest BCUT2D eigenvalue weighted by molar-refractivity contribution is -0.169. The highest BCUT2D eigenvalue weighted by molar-refractivity contribution is 6.30. The van der Waals surface area contributed by atoms with Gasteiger partial charge < -0.3 is 0 Å². The number of hydrogen-bond donors (Lipinski definition) is 1. The van der Waals surface area contributed by atoms with E-state index in [1.807, 2.05) is 0 Å². The van der Waals surface area contributed by atoms with Gasteiger partial charge in [0, 0.05) is 16.8 Å². The van der Waals surface area contributed by atoms with Crippen molar-refractivity contribution in [1.29, 1.82) is 0 Å². The maximum absolute atomic E-state index is 12.5. The molecular weight excluding hydrogens is 359 g/mol. The maximum Gasteiger partial charge on any atom is 0.450 e. The molecule has 0 saturated heterocycles. The maximum atomic E-state index is 12.5. The minimum Gasteiger partial charge on any atom is -0.289 e. The van der Waals surface area contributed by atoms with Crippen molar-refractivity contribution in [3.63, 3.8) is 0 Å². The van der Waals surface area contributed by atoms with Crippen molar-refractivity contribution in [2.75, 3.05) is 0 Å². The summed E-state index contributed by atoms with van der Waals surface area (Å²) in [4.78, 5) is 27.1. The second-order valence-electron chi connectivity index (χ2n) is 4.82. The summed E-state index contributed by atoms with van der Waals surface area (Å²) in [6, 6.07) is 10.3. The van der Waals surface area contributed by atoms with Gasteiger partial charge in [-0.2, -0.15) is 18.3 Å². The van der Waals surface area contributed by atoms with E-state index in [4.69, 9.17) is 11.6 Å². The van der Waals surface area contributed by atoms with E-state index in [1.54, 1.807) is 6.07 Å². The Morgan fingerprint density at radius 2 is 1.80 bits per heavy atom. The predicted molar refractivity (Wildman–Crippen MR) is 85.4 cm³/mol. The lowest BCUT2D eigenvalue weighted by atomic mass is 10.1. The number of amides is 1. The molecule has 0 bridgehead atoms. The number of Topliss-reactive ketones (excluding diaryl/α,β-unsaturated/α-hetero) is 1. The number of aromatic nitrogens is 1. The summed E-state index contributed by atoms with van der Waals surface area (Å²) in [5, 5.41) is 4.07. The van der Waals surface area contributed by atoms with E-state index in [2.05, 4.69) is 15.5 Å². The van der Waals surface area contributed by atoms with Crippen molar-refractivity contribution >= 4 is 29.0 Å². The highest BCUT2D eigenvalue weighted by Gasteiger charge is 2.39. The van der Waals surface area contributed by atoms with Crippen LogP contribution >= 0.6 is 11.6 Å². The van der Waals surface area contributed by atoms with Gasteiger partial charge in [0.25, 0.3) is 5.91 Å². The molecule has 0 aliphatic carbocycles. The average molecular weight is 370 g/mol. The second-order valence-corrected chi connectivity index (χ2v) is 5.26. The van der Waals surface area contributed by atoms with E-state index in [9.17, 15) is 22.8 Å². The molecule has 130 valence electrons. The van der Waals surface area contributed by atoms with Crippen LogP contribution in [0.15, 0.2) is 53.8 Å². The fourth-order valence-corrected chi connectivity index (χ4v) is 1.88. The number of nitrogens with one attached hydrogen (secondary N) is 1. The zero-order valence-corrected chi connectivity index (χ0v) is 13.3. The Morgan fingerprint density at radius 1 is 1.12 bits per heavy atom. The fraction of sp³-hybridized carbons (Fsp3) is 0.125. The third-order valence-corrected chi connectivity index (χ3v) is 3.26. The van der Waals surface area contributed by atoms with E-state index >= 15 is 0 Å². The number of hydrazone groups is 1. The number of rotatable bonds is 5. The first-order valence-electron chi connectivity index (χ1n) is 6.91. The van der Waals surface area contributed by atoms with Gasteiger partial charge >= 0.3 is 6.18 Å². The molecule has 2 aromatic rings. The summed E-state index contributed by atoms with van der Waals surface area (Å²) in [5.41, 5.74) is 2.08. The molecule has 1 aromatic carbocycles. The van der Waals surface area contributed by atoms with Crippen LogP contribution < -0.4 is 5.43 Å². The summed E-state index contributed by atoms with van der Waals surface area (Å²) in [5.74, 6) is -2.65. The van der Waals surface area contributed by atoms with E-state index in [1.165, 1.54) is 42.6 Å². The zero-order chi connectivity index (χ0) is 18.4. The first kappa shape index (κ1) is 18.6. The number of hydrogen-bond acceptors (Lipinski definition) is 4. The minimum atomic E-state index is -5.00. The Bertz CT molecular complexity index is 791. The normalized spacial score (nSPS) is 11.9. The van der Waals surface area contributed by atoms with Crippen LogP contribution in [0.4, 0.5) is 13.2 Å². The van der Waals surface area contributed by atoms with Gasteiger partial charge in [0.2, 0.25) is 5.78 Å². The molecule has 0 unspecified atom stereocenters. The first-order chi connectivity index (χ1) is 11.8. The largest absolute Gasteiger partial charge is 0.450 e. The Balaban J connectivity index is 2.22. The topological polar surface area (TPSA) is 71.4 Å². The number of alkyl halides is 3. The van der Waals surface area contributed by atoms with Gasteiger partial charge in [-0.05, 0) is 36.4 Å². The molecule has 0 radical (unpaired) electrons. The van der Waals surface area contributed by atoms with E-state index in [-0.39, 0.29) is 17.0 Å². The Kier molecular flexibility index (Phi) is 5.87. The van der Waals surface area contributed by atoms with Crippen LogP contribution in [0.2, 0.25) is 5.02 Å². The smallest absolute Gasteiger partial charge is 0.289 e. The zero-order valence-electron chi connectivity index (χ0n) is 12.5. The standard InChI is InChI=1S/C16H11ClF3N3O2/c17-11-6-4-10(5-7-11)15(25)23-22-13(9-14(24)16(18,19)20)12-3-1-2-8-21-12/h1-8H,9H2,(H,23,25). The van der Waals surface area contributed by atoms with Gasteiger partial charge in [-0.3, -0.25) is 14.6 Å². The molecule has 0 atom stereocenters. The molecule has 1 amide bonds. The molecule has 9 heteroatoms. The first-order valence-corrected chi connectivity index (χ1v) is 7.29. The third kappa shape index (κ3) is 5.39. The molecule has 0 aliphatic rings. The van der Waals surface area contributed by atoms with Crippen molar-refractivity contribution in [3.05, 3.63) is 64.9 Å². The molecule has 1 heterocycles. The van der Waals surface area contributed by atoms with Crippen LogP contribution in [-0.4, -0.2) is 28.6 Å². The van der Waals surface area contributed by atoms with Gasteiger partial charge in [-0.25, -0.2) is 5.43 Å². The van der Waals surface area contributed by atoms with Crippen LogP contribution in [-0.2, 0) is 4.79 Å². The quantitative estimate of drug-likeness (QED) is 0.648. The summed E-state index contributed by atoms with van der Waals surface area (Å²) in [6.07, 6.45) is -4.71. The summed E-state index contributed by atoms with van der Waals surface area (Å²) in [6.45, 7) is 0. The molecular formula is C16H11ClF3N3O2. The molecule has 25 heavy (non-hydrogen) atoms. The Labute approximate surface area is 145 Å². The second kappa shape index (κ2) is 7.89. The predicted octanol–water partition coefficient (Wildman–Crippen LogP) is 3.39. The molecule has 0 fully saturated rings. The minimum absolute atomic E-state index is 0.0523. The number of pyridine rings is 1. The summed E-state index contributed by atoms with van der Waals surface area (Å²) >= 11 is 5.71. The van der Waals surface area contributed by atoms with Gasteiger partial charge in [0.1, 0.15) is 0 Å². The van der Waals surface area contributed by atoms with Crippen LogP contribution in [0.5, 0.6) is 0 Å². The van der Waals surface area contributed by atoms with E-state index in [0.29, 0.717) is 5.02 Å². The lowest BCUT2D eigenvalue weighted by Crippen LogP contribution is -2.28. The van der Waals surface area contributed by atoms with Crippen LogP contribution in [0.3, 0.4) is 0 Å². The van der Waals surface area contributed by atoms with Crippen LogP contribution in [0.25, 0.3) is 0 Å². The highest BCUT2D eigenvalue weighted by Crippen LogP contribution is 2.19. The third-order valence-electron chi connectivity index (χ3n) is 3.00. The SMILES string of the molecule is O=C(NN=C(CC(=O)C(F)(F)F)c1ccccn1)c1ccc(Cl)cc1. The monoisotopic (exact) mass is 369 g/mol. The lowest BCUT2D eigenvalue weighted by Gasteiger charge is -2.08.